The zero-order chi connectivity index (χ0) is 19.9. The lowest BCUT2D eigenvalue weighted by molar-refractivity contribution is -0.143. The normalized spacial score (nSPS) is 11.8. The minimum atomic E-state index is -0.662. The number of esters is 1. The number of methoxy groups -OCH3 is 1. The van der Waals surface area contributed by atoms with Crippen LogP contribution >= 0.6 is 0 Å². The van der Waals surface area contributed by atoms with Crippen LogP contribution in [-0.2, 0) is 9.53 Å². The van der Waals surface area contributed by atoms with E-state index in [1.54, 1.807) is 6.07 Å². The number of pyridine rings is 1. The van der Waals surface area contributed by atoms with E-state index in [-0.39, 0.29) is 5.91 Å². The van der Waals surface area contributed by atoms with E-state index in [0.29, 0.717) is 17.7 Å². The Kier molecular flexibility index (Phi) is 6.37. The lowest BCUT2D eigenvalue weighted by atomic mass is 10.0. The summed E-state index contributed by atoms with van der Waals surface area (Å²) in [5.41, 5.74) is 2.87. The highest BCUT2D eigenvalue weighted by Gasteiger charge is 2.23. The number of ether oxygens (including phenoxy) is 1. The average Bonchev–Trinajstić information content (AvgIpc) is 2.75. The van der Waals surface area contributed by atoms with Crippen LogP contribution in [0.3, 0.4) is 0 Å². The standard InChI is InChI=1S/C23H24N2O3/c1-3-4-13-20(23(27)28-2)25-22(26)18-15-21(16-10-6-5-7-11-16)24-19-14-9-8-12-17(18)19/h5-12,14-15,20H,3-4,13H2,1-2H3,(H,25,26). The second-order valence-corrected chi connectivity index (χ2v) is 6.63. The molecule has 0 aliphatic carbocycles. The zero-order valence-corrected chi connectivity index (χ0v) is 16.1. The maximum atomic E-state index is 13.1. The van der Waals surface area contributed by atoms with E-state index in [1.165, 1.54) is 7.11 Å². The highest BCUT2D eigenvalue weighted by Crippen LogP contribution is 2.25. The summed E-state index contributed by atoms with van der Waals surface area (Å²) in [4.78, 5) is 29.9. The van der Waals surface area contributed by atoms with E-state index in [0.717, 1.165) is 29.3 Å². The van der Waals surface area contributed by atoms with Crippen molar-refractivity contribution in [3.63, 3.8) is 0 Å². The lowest BCUT2D eigenvalue weighted by Crippen LogP contribution is -2.41. The van der Waals surface area contributed by atoms with Crippen LogP contribution in [0, 0.1) is 0 Å². The minimum Gasteiger partial charge on any atom is -0.467 e. The molecule has 1 aromatic heterocycles. The van der Waals surface area contributed by atoms with Gasteiger partial charge < -0.3 is 10.1 Å². The number of nitrogens with zero attached hydrogens (tertiary/aromatic N) is 1. The summed E-state index contributed by atoms with van der Waals surface area (Å²) < 4.78 is 4.86. The molecule has 28 heavy (non-hydrogen) atoms. The molecule has 0 radical (unpaired) electrons. The van der Waals surface area contributed by atoms with Gasteiger partial charge in [-0.2, -0.15) is 0 Å². The predicted molar refractivity (Wildman–Crippen MR) is 110 cm³/mol. The van der Waals surface area contributed by atoms with Crippen molar-refractivity contribution in [2.45, 2.75) is 32.2 Å². The van der Waals surface area contributed by atoms with Crippen LogP contribution in [0.15, 0.2) is 60.7 Å². The average molecular weight is 376 g/mol. The second-order valence-electron chi connectivity index (χ2n) is 6.63. The van der Waals surface area contributed by atoms with Gasteiger partial charge in [-0.1, -0.05) is 68.3 Å². The number of hydrogen-bond donors (Lipinski definition) is 1. The minimum absolute atomic E-state index is 0.303. The summed E-state index contributed by atoms with van der Waals surface area (Å²) in [6.07, 6.45) is 2.30. The van der Waals surface area contributed by atoms with Gasteiger partial charge in [0.05, 0.1) is 23.9 Å². The molecule has 1 unspecified atom stereocenters. The third-order valence-corrected chi connectivity index (χ3v) is 4.67. The Hall–Kier alpha value is -3.21. The molecule has 0 aliphatic heterocycles. The molecule has 144 valence electrons. The Morgan fingerprint density at radius 2 is 1.79 bits per heavy atom. The fourth-order valence-corrected chi connectivity index (χ4v) is 3.16. The molecule has 0 saturated carbocycles. The topological polar surface area (TPSA) is 68.3 Å². The number of para-hydroxylation sites is 1. The molecule has 5 heteroatoms. The van der Waals surface area contributed by atoms with Crippen LogP contribution in [0.4, 0.5) is 0 Å². The molecule has 0 saturated heterocycles. The number of carbonyl (C=O) groups is 2. The molecular weight excluding hydrogens is 352 g/mol. The fraction of sp³-hybridized carbons (Fsp3) is 0.261. The highest BCUT2D eigenvalue weighted by molar-refractivity contribution is 6.08. The Balaban J connectivity index is 2.00. The molecule has 3 rings (SSSR count). The van der Waals surface area contributed by atoms with Crippen LogP contribution in [0.25, 0.3) is 22.2 Å². The summed E-state index contributed by atoms with van der Waals surface area (Å²) in [6, 6.07) is 18.3. The number of carbonyl (C=O) groups excluding carboxylic acids is 2. The molecule has 0 spiro atoms. The molecule has 2 aromatic carbocycles. The summed E-state index contributed by atoms with van der Waals surface area (Å²) in [5.74, 6) is -0.731. The summed E-state index contributed by atoms with van der Waals surface area (Å²) >= 11 is 0. The Morgan fingerprint density at radius 1 is 1.07 bits per heavy atom. The smallest absolute Gasteiger partial charge is 0.328 e. The Bertz CT molecular complexity index is 970. The van der Waals surface area contributed by atoms with Crippen molar-refractivity contribution in [2.24, 2.45) is 0 Å². The van der Waals surface area contributed by atoms with E-state index >= 15 is 0 Å². The van der Waals surface area contributed by atoms with E-state index in [1.807, 2.05) is 61.5 Å². The molecule has 5 nitrogen and oxygen atoms in total. The maximum absolute atomic E-state index is 13.1. The van der Waals surface area contributed by atoms with Gasteiger partial charge in [-0.25, -0.2) is 9.78 Å². The molecule has 1 amide bonds. The molecule has 3 aromatic rings. The number of hydrogen-bond acceptors (Lipinski definition) is 4. The SMILES string of the molecule is CCCCC(NC(=O)c1cc(-c2ccccc2)nc2ccccc12)C(=O)OC. The predicted octanol–water partition coefficient (Wildman–Crippen LogP) is 4.36. The van der Waals surface area contributed by atoms with Crippen LogP contribution in [0.5, 0.6) is 0 Å². The quantitative estimate of drug-likeness (QED) is 0.622. The van der Waals surface area contributed by atoms with Gasteiger partial charge in [-0.3, -0.25) is 4.79 Å². The highest BCUT2D eigenvalue weighted by atomic mass is 16.5. The molecule has 1 heterocycles. The van der Waals surface area contributed by atoms with Gasteiger partial charge in [0, 0.05) is 10.9 Å². The third kappa shape index (κ3) is 4.36. The van der Waals surface area contributed by atoms with E-state index in [2.05, 4.69) is 5.32 Å². The Labute approximate surface area is 164 Å². The van der Waals surface area contributed by atoms with E-state index < -0.39 is 12.0 Å². The van der Waals surface area contributed by atoms with Crippen molar-refractivity contribution in [1.82, 2.24) is 10.3 Å². The van der Waals surface area contributed by atoms with Crippen LogP contribution < -0.4 is 5.32 Å². The van der Waals surface area contributed by atoms with Crippen molar-refractivity contribution in [1.29, 1.82) is 0 Å². The number of amides is 1. The van der Waals surface area contributed by atoms with Gasteiger partial charge in [-0.15, -0.1) is 0 Å². The van der Waals surface area contributed by atoms with Crippen molar-refractivity contribution in [2.75, 3.05) is 7.11 Å². The van der Waals surface area contributed by atoms with Crippen LogP contribution in [0.1, 0.15) is 36.5 Å². The number of nitrogens with one attached hydrogen (secondary N) is 1. The summed E-state index contributed by atoms with van der Waals surface area (Å²) in [5, 5.41) is 3.60. The van der Waals surface area contributed by atoms with Gasteiger partial charge in [0.25, 0.3) is 5.91 Å². The lowest BCUT2D eigenvalue weighted by Gasteiger charge is -2.17. The van der Waals surface area contributed by atoms with Crippen molar-refractivity contribution in [3.05, 3.63) is 66.2 Å². The number of fused-ring (bicyclic) bond motifs is 1. The Morgan fingerprint density at radius 3 is 2.50 bits per heavy atom. The first-order chi connectivity index (χ1) is 13.6. The van der Waals surface area contributed by atoms with Gasteiger partial charge in [0.1, 0.15) is 6.04 Å². The first-order valence-electron chi connectivity index (χ1n) is 9.48. The van der Waals surface area contributed by atoms with Gasteiger partial charge in [-0.05, 0) is 18.6 Å². The van der Waals surface area contributed by atoms with Crippen molar-refractivity contribution in [3.8, 4) is 11.3 Å². The first kappa shape index (κ1) is 19.5. The van der Waals surface area contributed by atoms with E-state index in [9.17, 15) is 9.59 Å². The van der Waals surface area contributed by atoms with Crippen molar-refractivity contribution >= 4 is 22.8 Å². The zero-order valence-electron chi connectivity index (χ0n) is 16.1. The third-order valence-electron chi connectivity index (χ3n) is 4.67. The first-order valence-corrected chi connectivity index (χ1v) is 9.48. The van der Waals surface area contributed by atoms with Gasteiger partial charge in [0.2, 0.25) is 0 Å². The molecule has 0 fully saturated rings. The number of benzene rings is 2. The summed E-state index contributed by atoms with van der Waals surface area (Å²) in [7, 11) is 1.34. The van der Waals surface area contributed by atoms with E-state index in [4.69, 9.17) is 9.72 Å². The second kappa shape index (κ2) is 9.13. The monoisotopic (exact) mass is 376 g/mol. The number of rotatable bonds is 7. The van der Waals surface area contributed by atoms with Gasteiger partial charge >= 0.3 is 5.97 Å². The number of aromatic nitrogens is 1. The molecule has 0 bridgehead atoms. The maximum Gasteiger partial charge on any atom is 0.328 e. The summed E-state index contributed by atoms with van der Waals surface area (Å²) in [6.45, 7) is 2.04. The molecule has 1 N–H and O–H groups in total. The van der Waals surface area contributed by atoms with Crippen LogP contribution in [-0.4, -0.2) is 30.0 Å². The van der Waals surface area contributed by atoms with Gasteiger partial charge in [0.15, 0.2) is 0 Å². The largest absolute Gasteiger partial charge is 0.467 e. The molecule has 1 atom stereocenters. The fourth-order valence-electron chi connectivity index (χ4n) is 3.16. The number of unbranched alkanes of at least 4 members (excludes halogenated alkanes) is 1. The van der Waals surface area contributed by atoms with Crippen molar-refractivity contribution < 1.29 is 14.3 Å². The van der Waals surface area contributed by atoms with Crippen LogP contribution in [0.2, 0.25) is 0 Å². The molecular formula is C23H24N2O3. The molecule has 0 aliphatic rings.